The first kappa shape index (κ1) is 13.3. The monoisotopic (exact) mass is 223 g/mol. The van der Waals surface area contributed by atoms with Crippen molar-refractivity contribution in [3.8, 4) is 0 Å². The highest BCUT2D eigenvalue weighted by Crippen LogP contribution is 2.36. The van der Waals surface area contributed by atoms with E-state index in [9.17, 15) is 4.79 Å². The zero-order valence-corrected chi connectivity index (χ0v) is 11.5. The third-order valence-corrected chi connectivity index (χ3v) is 3.24. The maximum Gasteiger partial charge on any atom is 0.152 e. The van der Waals surface area contributed by atoms with Gasteiger partial charge >= 0.3 is 0 Å². The zero-order chi connectivity index (χ0) is 12.5. The van der Waals surface area contributed by atoms with E-state index in [-0.39, 0.29) is 17.2 Å². The van der Waals surface area contributed by atoms with E-state index in [4.69, 9.17) is 0 Å². The SMILES string of the molecule is CC(=O)C(N(C)/C=C(\C)C1CC1)C(C)(C)C. The lowest BCUT2D eigenvalue weighted by molar-refractivity contribution is -0.124. The van der Waals surface area contributed by atoms with Gasteiger partial charge in [0.25, 0.3) is 0 Å². The van der Waals surface area contributed by atoms with E-state index >= 15 is 0 Å². The standard InChI is InChI=1S/C14H25NO/c1-10(12-7-8-12)9-15(6)13(11(2)16)14(3,4)5/h9,12-13H,7-8H2,1-6H3/b10-9+. The van der Waals surface area contributed by atoms with Crippen molar-refractivity contribution in [2.45, 2.75) is 53.5 Å². The van der Waals surface area contributed by atoms with E-state index in [0.29, 0.717) is 0 Å². The summed E-state index contributed by atoms with van der Waals surface area (Å²) < 4.78 is 0. The van der Waals surface area contributed by atoms with Crippen molar-refractivity contribution >= 4 is 5.78 Å². The molecule has 0 heterocycles. The Kier molecular flexibility index (Phi) is 3.82. The molecule has 0 aliphatic heterocycles. The minimum atomic E-state index is -0.0267. The van der Waals surface area contributed by atoms with Gasteiger partial charge in [-0.3, -0.25) is 4.79 Å². The molecule has 1 rings (SSSR count). The van der Waals surface area contributed by atoms with Crippen LogP contribution in [0.25, 0.3) is 0 Å². The van der Waals surface area contributed by atoms with E-state index in [2.05, 4.69) is 38.8 Å². The van der Waals surface area contributed by atoms with Crippen LogP contribution in [0.4, 0.5) is 0 Å². The summed E-state index contributed by atoms with van der Waals surface area (Å²) in [6, 6.07) is -0.0267. The molecule has 0 saturated heterocycles. The van der Waals surface area contributed by atoms with Crippen LogP contribution in [0, 0.1) is 11.3 Å². The van der Waals surface area contributed by atoms with Gasteiger partial charge in [-0.1, -0.05) is 26.3 Å². The predicted octanol–water partition coefficient (Wildman–Crippen LogP) is 3.24. The van der Waals surface area contributed by atoms with Crippen molar-refractivity contribution in [1.82, 2.24) is 4.90 Å². The largest absolute Gasteiger partial charge is 0.370 e. The molecule has 16 heavy (non-hydrogen) atoms. The molecule has 0 aromatic rings. The molecular formula is C14H25NO. The number of allylic oxidation sites excluding steroid dienone is 1. The summed E-state index contributed by atoms with van der Waals surface area (Å²) in [5.41, 5.74) is 1.40. The fourth-order valence-electron chi connectivity index (χ4n) is 2.55. The van der Waals surface area contributed by atoms with E-state index in [0.717, 1.165) is 5.92 Å². The number of ketones is 1. The second-order valence-electron chi connectivity index (χ2n) is 6.19. The van der Waals surface area contributed by atoms with Gasteiger partial charge in [-0.05, 0) is 44.2 Å². The fraction of sp³-hybridized carbons (Fsp3) is 0.786. The summed E-state index contributed by atoms with van der Waals surface area (Å²) in [6.07, 6.45) is 4.79. The Morgan fingerprint density at radius 2 is 1.81 bits per heavy atom. The first-order chi connectivity index (χ1) is 7.23. The van der Waals surface area contributed by atoms with E-state index < -0.39 is 0 Å². The Labute approximate surface area is 99.7 Å². The topological polar surface area (TPSA) is 20.3 Å². The summed E-state index contributed by atoms with van der Waals surface area (Å²) in [5.74, 6) is 1.02. The summed E-state index contributed by atoms with van der Waals surface area (Å²) >= 11 is 0. The van der Waals surface area contributed by atoms with Crippen LogP contribution in [0.2, 0.25) is 0 Å². The minimum absolute atomic E-state index is 0.0130. The first-order valence-electron chi connectivity index (χ1n) is 6.14. The molecule has 0 amide bonds. The lowest BCUT2D eigenvalue weighted by atomic mass is 9.83. The minimum Gasteiger partial charge on any atom is -0.370 e. The van der Waals surface area contributed by atoms with Crippen molar-refractivity contribution in [2.24, 2.45) is 11.3 Å². The molecule has 0 bridgehead atoms. The van der Waals surface area contributed by atoms with Crippen LogP contribution < -0.4 is 0 Å². The number of likely N-dealkylation sites (N-methyl/N-ethyl adjacent to an activating group) is 1. The van der Waals surface area contributed by atoms with Gasteiger partial charge in [0.05, 0.1) is 6.04 Å². The average Bonchev–Trinajstić information content (AvgIpc) is 2.80. The molecule has 0 aromatic carbocycles. The molecule has 1 fully saturated rings. The Morgan fingerprint density at radius 3 is 2.12 bits per heavy atom. The summed E-state index contributed by atoms with van der Waals surface area (Å²) in [5, 5.41) is 0. The summed E-state index contributed by atoms with van der Waals surface area (Å²) in [6.45, 7) is 10.2. The van der Waals surface area contributed by atoms with E-state index in [1.54, 1.807) is 6.92 Å². The smallest absolute Gasteiger partial charge is 0.152 e. The third kappa shape index (κ3) is 3.36. The lowest BCUT2D eigenvalue weighted by Crippen LogP contribution is -2.44. The second-order valence-corrected chi connectivity index (χ2v) is 6.19. The van der Waals surface area contributed by atoms with Gasteiger partial charge in [0.2, 0.25) is 0 Å². The number of Topliss-reactive ketones (excluding diaryl/α,β-unsaturated/α-hetero) is 1. The van der Waals surface area contributed by atoms with Crippen LogP contribution >= 0.6 is 0 Å². The Bertz CT molecular complexity index is 294. The maximum absolute atomic E-state index is 11.7. The molecule has 92 valence electrons. The molecule has 1 aliphatic carbocycles. The average molecular weight is 223 g/mol. The number of carbonyl (C=O) groups excluding carboxylic acids is 1. The van der Waals surface area contributed by atoms with Crippen LogP contribution in [0.1, 0.15) is 47.5 Å². The van der Waals surface area contributed by atoms with Gasteiger partial charge in [-0.25, -0.2) is 0 Å². The first-order valence-corrected chi connectivity index (χ1v) is 6.14. The van der Waals surface area contributed by atoms with Gasteiger partial charge in [-0.15, -0.1) is 0 Å². The van der Waals surface area contributed by atoms with Crippen LogP contribution in [-0.4, -0.2) is 23.8 Å². The summed E-state index contributed by atoms with van der Waals surface area (Å²) in [7, 11) is 2.02. The molecule has 1 unspecified atom stereocenters. The van der Waals surface area contributed by atoms with Gasteiger partial charge < -0.3 is 4.90 Å². The van der Waals surface area contributed by atoms with Gasteiger partial charge in [0.15, 0.2) is 5.78 Å². The maximum atomic E-state index is 11.7. The lowest BCUT2D eigenvalue weighted by Gasteiger charge is -2.36. The molecule has 0 aromatic heterocycles. The molecule has 1 saturated carbocycles. The normalized spacial score (nSPS) is 19.5. The summed E-state index contributed by atoms with van der Waals surface area (Å²) in [4.78, 5) is 13.8. The number of carbonyl (C=O) groups is 1. The molecule has 1 aliphatic rings. The highest BCUT2D eigenvalue weighted by atomic mass is 16.1. The van der Waals surface area contributed by atoms with Crippen molar-refractivity contribution in [3.63, 3.8) is 0 Å². The highest BCUT2D eigenvalue weighted by molar-refractivity contribution is 5.82. The third-order valence-electron chi connectivity index (χ3n) is 3.24. The Balaban J connectivity index is 2.78. The molecule has 2 nitrogen and oxygen atoms in total. The molecule has 0 N–H and O–H groups in total. The Morgan fingerprint density at radius 1 is 1.31 bits per heavy atom. The van der Waals surface area contributed by atoms with Crippen LogP contribution in [0.3, 0.4) is 0 Å². The van der Waals surface area contributed by atoms with Crippen molar-refractivity contribution in [1.29, 1.82) is 0 Å². The quantitative estimate of drug-likeness (QED) is 0.729. The number of hydrogen-bond acceptors (Lipinski definition) is 2. The molecule has 0 radical (unpaired) electrons. The van der Waals surface area contributed by atoms with Crippen LogP contribution in [-0.2, 0) is 4.79 Å². The molecule has 1 atom stereocenters. The highest BCUT2D eigenvalue weighted by Gasteiger charge is 2.32. The number of hydrogen-bond donors (Lipinski definition) is 0. The van der Waals surface area contributed by atoms with Crippen LogP contribution in [0.15, 0.2) is 11.8 Å². The van der Waals surface area contributed by atoms with E-state index in [1.165, 1.54) is 18.4 Å². The predicted molar refractivity (Wildman–Crippen MR) is 68.2 cm³/mol. The van der Waals surface area contributed by atoms with E-state index in [1.807, 2.05) is 7.05 Å². The Hall–Kier alpha value is -0.790. The van der Waals surface area contributed by atoms with Gasteiger partial charge in [0.1, 0.15) is 0 Å². The molecule has 2 heteroatoms. The van der Waals surface area contributed by atoms with Gasteiger partial charge in [0, 0.05) is 7.05 Å². The number of nitrogens with zero attached hydrogens (tertiary/aromatic N) is 1. The van der Waals surface area contributed by atoms with Crippen molar-refractivity contribution in [3.05, 3.63) is 11.8 Å². The van der Waals surface area contributed by atoms with Crippen molar-refractivity contribution in [2.75, 3.05) is 7.05 Å². The molecular weight excluding hydrogens is 198 g/mol. The fourth-order valence-corrected chi connectivity index (χ4v) is 2.55. The number of rotatable bonds is 4. The van der Waals surface area contributed by atoms with Crippen LogP contribution in [0.5, 0.6) is 0 Å². The molecule has 0 spiro atoms. The van der Waals surface area contributed by atoms with Crippen molar-refractivity contribution < 1.29 is 4.79 Å². The zero-order valence-electron chi connectivity index (χ0n) is 11.5. The second kappa shape index (κ2) is 4.60. The van der Waals surface area contributed by atoms with Gasteiger partial charge in [-0.2, -0.15) is 0 Å².